The van der Waals surface area contributed by atoms with Crippen molar-refractivity contribution in [2.45, 2.75) is 108 Å². The number of rotatable bonds is 18. The van der Waals surface area contributed by atoms with Gasteiger partial charge >= 0.3 is 11.9 Å². The van der Waals surface area contributed by atoms with Gasteiger partial charge in [-0.15, -0.1) is 11.3 Å². The number of carboxylic acids is 2. The second kappa shape index (κ2) is 20.3. The summed E-state index contributed by atoms with van der Waals surface area (Å²) >= 11 is 12.4. The molecule has 4 aromatic carbocycles. The number of thiocarbonyl (C=S) groups is 1. The van der Waals surface area contributed by atoms with Crippen LogP contribution in [0.3, 0.4) is 0 Å². The molecule has 2 unspecified atom stereocenters. The number of unbranched alkanes of at least 4 members (excludes halogenated alkanes) is 8. The number of hydrogen-bond acceptors (Lipinski definition) is 9. The molecule has 0 radical (unpaired) electrons. The van der Waals surface area contributed by atoms with Crippen LogP contribution >= 0.6 is 47.9 Å². The highest BCUT2D eigenvalue weighted by molar-refractivity contribution is 8.30. The highest BCUT2D eigenvalue weighted by atomic mass is 32.2. The zero-order valence-electron chi connectivity index (χ0n) is 36.7. The van der Waals surface area contributed by atoms with Gasteiger partial charge in [-0.1, -0.05) is 136 Å². The Bertz CT molecular complexity index is 2940. The number of aromatic nitrogens is 1. The normalized spacial score (nSPS) is 18.9. The van der Waals surface area contributed by atoms with E-state index in [0.717, 1.165) is 117 Å². The third-order valence-corrected chi connectivity index (χ3v) is 16.5. The maximum absolute atomic E-state index is 14.0. The molecule has 9 nitrogen and oxygen atoms in total. The zero-order valence-corrected chi connectivity index (χ0v) is 40.1. The molecule has 2 aliphatic heterocycles. The number of carbonyl (C=O) groups is 3. The van der Waals surface area contributed by atoms with Gasteiger partial charge in [0, 0.05) is 42.1 Å². The maximum Gasteiger partial charge on any atom is 0.323 e. The minimum atomic E-state index is -1.16. The average Bonchev–Trinajstić information content (AvgIpc) is 4.11. The Morgan fingerprint density at radius 3 is 2.18 bits per heavy atom. The molecule has 2 fully saturated rings. The molecule has 9 rings (SSSR count). The molecule has 1 saturated carbocycles. The average molecular weight is 956 g/mol. The van der Waals surface area contributed by atoms with E-state index in [-0.39, 0.29) is 12.3 Å². The van der Waals surface area contributed by atoms with Gasteiger partial charge in [0.2, 0.25) is 0 Å². The number of anilines is 2. The topological polar surface area (TPSA) is 120 Å². The fourth-order valence-corrected chi connectivity index (χ4v) is 13.0. The highest BCUT2D eigenvalue weighted by Crippen LogP contribution is 2.54. The van der Waals surface area contributed by atoms with Gasteiger partial charge in [-0.05, 0) is 112 Å². The van der Waals surface area contributed by atoms with Crippen molar-refractivity contribution in [1.82, 2.24) is 9.47 Å². The van der Waals surface area contributed by atoms with Gasteiger partial charge in [-0.25, -0.2) is 0 Å². The van der Waals surface area contributed by atoms with Gasteiger partial charge in [0.05, 0.1) is 4.53 Å². The van der Waals surface area contributed by atoms with Crippen LogP contribution in [-0.4, -0.2) is 54.4 Å². The molecule has 66 heavy (non-hydrogen) atoms. The SMILES string of the molecule is O=C(O)CCCCCCCCCCCN1C(=O)/C(=c2\s/c(=C\c3ccc4c(c3)C3CCCC3N4c3ccc4c(c3)/C(=C/c3ccc(CS)cc3)c3ccccc3-4)c(=O)n2CC(=O)O)SC1=S. The molecular weight excluding hydrogens is 903 g/mol. The Morgan fingerprint density at radius 1 is 0.758 bits per heavy atom. The molecule has 0 bridgehead atoms. The summed E-state index contributed by atoms with van der Waals surface area (Å²) in [6.07, 6.45) is 16.4. The molecule has 1 aromatic heterocycles. The fraction of sp³-hybridized carbons (Fsp3) is 0.340. The Hall–Kier alpha value is -5.21. The number of fused-ring (bicyclic) bond motifs is 6. The van der Waals surface area contributed by atoms with Crippen molar-refractivity contribution in [3.63, 3.8) is 0 Å². The van der Waals surface area contributed by atoms with Gasteiger partial charge < -0.3 is 15.1 Å². The fourth-order valence-electron chi connectivity index (χ4n) is 10.2. The quantitative estimate of drug-likeness (QED) is 0.0439. The van der Waals surface area contributed by atoms with Crippen LogP contribution in [-0.2, 0) is 26.7 Å². The maximum atomic E-state index is 14.0. The number of carboxylic acid groups (broad SMARTS) is 2. The van der Waals surface area contributed by atoms with E-state index in [0.29, 0.717) is 42.7 Å². The molecule has 2 N–H and O–H groups in total. The molecule has 2 atom stereocenters. The minimum Gasteiger partial charge on any atom is -0.481 e. The van der Waals surface area contributed by atoms with E-state index in [1.165, 1.54) is 49.2 Å². The van der Waals surface area contributed by atoms with E-state index in [9.17, 15) is 24.3 Å². The minimum absolute atomic E-state index is 0.232. The van der Waals surface area contributed by atoms with Gasteiger partial charge in [0.15, 0.2) is 0 Å². The van der Waals surface area contributed by atoms with Gasteiger partial charge in [-0.2, -0.15) is 12.6 Å². The van der Waals surface area contributed by atoms with Crippen LogP contribution in [0.2, 0.25) is 0 Å². The van der Waals surface area contributed by atoms with Crippen LogP contribution < -0.4 is 19.7 Å². The predicted molar refractivity (Wildman–Crippen MR) is 275 cm³/mol. The van der Waals surface area contributed by atoms with Crippen molar-refractivity contribution >= 4 is 104 Å². The second-order valence-electron chi connectivity index (χ2n) is 17.7. The van der Waals surface area contributed by atoms with Crippen molar-refractivity contribution in [3.8, 4) is 11.1 Å². The largest absolute Gasteiger partial charge is 0.481 e. The summed E-state index contributed by atoms with van der Waals surface area (Å²) in [6, 6.07) is 30.8. The molecule has 1 amide bonds. The summed E-state index contributed by atoms with van der Waals surface area (Å²) in [7, 11) is 0. The van der Waals surface area contributed by atoms with Crippen molar-refractivity contribution in [3.05, 3.63) is 138 Å². The van der Waals surface area contributed by atoms with Crippen LogP contribution in [0.5, 0.6) is 0 Å². The number of aliphatic carboxylic acids is 2. The Kier molecular flexibility index (Phi) is 14.2. The number of hydrogen-bond donors (Lipinski definition) is 3. The number of amides is 1. The first-order valence-corrected chi connectivity index (χ1v) is 25.8. The lowest BCUT2D eigenvalue weighted by Crippen LogP contribution is -2.35. The predicted octanol–water partition coefficient (Wildman–Crippen LogP) is 10.6. The molecular formula is C53H53N3O6S4. The number of thiazole rings is 1. The lowest BCUT2D eigenvalue weighted by Gasteiger charge is -2.28. The van der Waals surface area contributed by atoms with Crippen LogP contribution in [0.4, 0.5) is 11.4 Å². The summed E-state index contributed by atoms with van der Waals surface area (Å²) < 4.78 is 2.31. The molecule has 5 aromatic rings. The van der Waals surface area contributed by atoms with E-state index in [1.54, 1.807) is 4.90 Å². The van der Waals surface area contributed by atoms with Gasteiger partial charge in [0.1, 0.15) is 20.4 Å². The molecule has 1 saturated heterocycles. The molecule has 3 heterocycles. The van der Waals surface area contributed by atoms with E-state index in [1.807, 2.05) is 12.1 Å². The molecule has 2 aliphatic carbocycles. The van der Waals surface area contributed by atoms with Crippen LogP contribution in [0.25, 0.3) is 33.8 Å². The number of nitrogens with zero attached hydrogens (tertiary/aromatic N) is 3. The van der Waals surface area contributed by atoms with Crippen molar-refractivity contribution in [1.29, 1.82) is 0 Å². The first-order valence-electron chi connectivity index (χ1n) is 23.1. The standard InChI is InChI=1S/C53H53N3O6S4/c57-47(58)17-8-6-4-2-1-3-5-7-11-26-54-51(62)49(66-53(54)64)52-55(31-48(59)60)50(61)46(65-52)29-35-22-25-45-43(28-35)40-15-12-16-44(40)56(45)36-23-24-39-37-13-9-10-14-38(37)41(42(39)30-36)27-33-18-20-34(32-63)21-19-33/h9-10,13-14,18-25,27-30,40,44,63H,1-8,11-12,15-17,26,31-32H2,(H,57,58)(H,59,60)/b41-27+,46-29-,52-49+. The van der Waals surface area contributed by atoms with E-state index < -0.39 is 24.0 Å². The number of thioether (sulfide) groups is 1. The molecule has 0 spiro atoms. The summed E-state index contributed by atoms with van der Waals surface area (Å²) in [5.74, 6) is -1.16. The summed E-state index contributed by atoms with van der Waals surface area (Å²) in [4.78, 5) is 55.1. The Balaban J connectivity index is 0.959. The molecule has 4 aliphatic rings. The number of thiol groups is 1. The van der Waals surface area contributed by atoms with E-state index >= 15 is 0 Å². The summed E-state index contributed by atoms with van der Waals surface area (Å²) in [5.41, 5.74) is 12.5. The monoisotopic (exact) mass is 955 g/mol. The van der Waals surface area contributed by atoms with Crippen molar-refractivity contribution < 1.29 is 24.6 Å². The molecule has 13 heteroatoms. The first kappa shape index (κ1) is 45.9. The summed E-state index contributed by atoms with van der Waals surface area (Å²) in [6.45, 7) is -0.0936. The zero-order chi connectivity index (χ0) is 45.9. The van der Waals surface area contributed by atoms with Gasteiger partial charge in [-0.3, -0.25) is 28.6 Å². The van der Waals surface area contributed by atoms with E-state index in [4.69, 9.17) is 17.3 Å². The van der Waals surface area contributed by atoms with Gasteiger partial charge in [0.25, 0.3) is 11.5 Å². The smallest absolute Gasteiger partial charge is 0.323 e. The summed E-state index contributed by atoms with van der Waals surface area (Å²) in [5, 5.41) is 18.7. The third-order valence-electron chi connectivity index (χ3n) is 13.4. The highest BCUT2D eigenvalue weighted by Gasteiger charge is 2.42. The van der Waals surface area contributed by atoms with Crippen LogP contribution in [0, 0.1) is 0 Å². The molecule has 340 valence electrons. The lowest BCUT2D eigenvalue weighted by atomic mass is 9.96. The third kappa shape index (κ3) is 9.50. The van der Waals surface area contributed by atoms with E-state index in [2.05, 4.69) is 102 Å². The Labute approximate surface area is 404 Å². The second-order valence-corrected chi connectivity index (χ2v) is 20.7. The van der Waals surface area contributed by atoms with Crippen molar-refractivity contribution in [2.24, 2.45) is 0 Å². The number of carbonyl (C=O) groups excluding carboxylic acids is 1. The van der Waals surface area contributed by atoms with Crippen LogP contribution in [0.15, 0.2) is 89.7 Å². The number of benzene rings is 4. The Morgan fingerprint density at radius 2 is 1.45 bits per heavy atom. The van der Waals surface area contributed by atoms with Crippen molar-refractivity contribution in [2.75, 3.05) is 11.4 Å². The van der Waals surface area contributed by atoms with Crippen LogP contribution in [0.1, 0.15) is 123 Å². The lowest BCUT2D eigenvalue weighted by molar-refractivity contribution is -0.138. The first-order chi connectivity index (χ1) is 32.1.